The zero-order chi connectivity index (χ0) is 13.8. The quantitative estimate of drug-likeness (QED) is 0.928. The number of para-hydroxylation sites is 2. The van der Waals surface area contributed by atoms with Crippen molar-refractivity contribution in [2.75, 3.05) is 19.8 Å². The van der Waals surface area contributed by atoms with E-state index in [0.717, 1.165) is 42.9 Å². The average molecular weight is 271 g/mol. The second-order valence-corrected chi connectivity index (χ2v) is 5.30. The van der Waals surface area contributed by atoms with Crippen LogP contribution in [-0.4, -0.2) is 29.7 Å². The molecule has 1 N–H and O–H groups in total. The summed E-state index contributed by atoms with van der Waals surface area (Å²) in [6, 6.07) is 8.25. The second kappa shape index (κ2) is 6.29. The molecule has 0 radical (unpaired) electrons. The van der Waals surface area contributed by atoms with E-state index in [9.17, 15) is 0 Å². The zero-order valence-electron chi connectivity index (χ0n) is 11.9. The maximum atomic E-state index is 5.63. The van der Waals surface area contributed by atoms with E-state index in [4.69, 9.17) is 9.72 Å². The van der Waals surface area contributed by atoms with Gasteiger partial charge in [0.25, 0.3) is 0 Å². The van der Waals surface area contributed by atoms with E-state index < -0.39 is 0 Å². The molecule has 2 heterocycles. The molecule has 20 heavy (non-hydrogen) atoms. The van der Waals surface area contributed by atoms with Gasteiger partial charge in [0, 0.05) is 12.5 Å². The zero-order valence-corrected chi connectivity index (χ0v) is 11.9. The van der Waals surface area contributed by atoms with Crippen molar-refractivity contribution in [3.8, 4) is 0 Å². The molecule has 0 saturated carbocycles. The Morgan fingerprint density at radius 1 is 1.35 bits per heavy atom. The third kappa shape index (κ3) is 2.81. The Kier molecular flexibility index (Phi) is 4.23. The van der Waals surface area contributed by atoms with Gasteiger partial charge in [0.2, 0.25) is 0 Å². The molecular weight excluding hydrogens is 250 g/mol. The minimum Gasteiger partial charge on any atom is -0.381 e. The van der Waals surface area contributed by atoms with Gasteiger partial charge in [0.1, 0.15) is 0 Å². The molecule has 2 atom stereocenters. The van der Waals surface area contributed by atoms with Crippen LogP contribution in [0.25, 0.3) is 11.0 Å². The maximum absolute atomic E-state index is 5.63. The van der Waals surface area contributed by atoms with Gasteiger partial charge in [-0.25, -0.2) is 4.98 Å². The fourth-order valence-electron chi connectivity index (χ4n) is 2.88. The summed E-state index contributed by atoms with van der Waals surface area (Å²) in [6.07, 6.45) is 4.23. The van der Waals surface area contributed by atoms with Crippen LogP contribution in [-0.2, 0) is 4.74 Å². The summed E-state index contributed by atoms with van der Waals surface area (Å²) in [5.74, 6) is 0.485. The molecule has 1 saturated heterocycles. The van der Waals surface area contributed by atoms with Crippen molar-refractivity contribution in [1.29, 1.82) is 0 Å². The molecule has 1 aliphatic heterocycles. The van der Waals surface area contributed by atoms with Gasteiger partial charge in [0.15, 0.2) is 0 Å². The lowest BCUT2D eigenvalue weighted by molar-refractivity contribution is 0.0386. The van der Waals surface area contributed by atoms with E-state index in [1.165, 1.54) is 6.42 Å². The smallest absolute Gasteiger partial charge is 0.0890 e. The molecule has 106 valence electrons. The molecule has 2 aromatic rings. The highest BCUT2D eigenvalue weighted by Gasteiger charge is 2.26. The summed E-state index contributed by atoms with van der Waals surface area (Å²) >= 11 is 0. The number of aromatic nitrogens is 2. The Bertz CT molecular complexity index is 566. The van der Waals surface area contributed by atoms with Crippen molar-refractivity contribution < 1.29 is 4.74 Å². The lowest BCUT2D eigenvalue weighted by Crippen LogP contribution is -2.34. The van der Waals surface area contributed by atoms with E-state index >= 15 is 0 Å². The highest BCUT2D eigenvalue weighted by Crippen LogP contribution is 2.28. The number of benzene rings is 1. The Labute approximate surface area is 119 Å². The number of rotatable bonds is 4. The highest BCUT2D eigenvalue weighted by atomic mass is 16.5. The van der Waals surface area contributed by atoms with Crippen molar-refractivity contribution >= 4 is 11.0 Å². The Balaban J connectivity index is 1.91. The van der Waals surface area contributed by atoms with Crippen molar-refractivity contribution in [2.45, 2.75) is 25.8 Å². The normalized spacial score (nSPS) is 20.9. The average Bonchev–Trinajstić information content (AvgIpc) is 2.53. The van der Waals surface area contributed by atoms with E-state index in [0.29, 0.717) is 5.92 Å². The summed E-state index contributed by atoms with van der Waals surface area (Å²) in [7, 11) is 0. The minimum absolute atomic E-state index is 0.234. The van der Waals surface area contributed by atoms with E-state index in [1.54, 1.807) is 0 Å². The predicted octanol–water partition coefficient (Wildman–Crippen LogP) is 2.71. The lowest BCUT2D eigenvalue weighted by Gasteiger charge is -2.30. The molecule has 3 rings (SSSR count). The van der Waals surface area contributed by atoms with Gasteiger partial charge in [-0.05, 0) is 31.5 Å². The van der Waals surface area contributed by atoms with Gasteiger partial charge < -0.3 is 10.1 Å². The summed E-state index contributed by atoms with van der Waals surface area (Å²) in [5.41, 5.74) is 2.94. The Morgan fingerprint density at radius 3 is 2.95 bits per heavy atom. The predicted molar refractivity (Wildman–Crippen MR) is 79.5 cm³/mol. The van der Waals surface area contributed by atoms with Crippen LogP contribution < -0.4 is 5.32 Å². The number of fused-ring (bicyclic) bond motifs is 1. The molecule has 4 heteroatoms. The van der Waals surface area contributed by atoms with Crippen LogP contribution in [0, 0.1) is 5.92 Å². The first-order valence-corrected chi connectivity index (χ1v) is 7.41. The molecule has 0 spiro atoms. The van der Waals surface area contributed by atoms with Crippen LogP contribution in [0.2, 0.25) is 0 Å². The summed E-state index contributed by atoms with van der Waals surface area (Å²) in [6.45, 7) is 4.76. The van der Waals surface area contributed by atoms with Gasteiger partial charge in [-0.2, -0.15) is 0 Å². The fourth-order valence-corrected chi connectivity index (χ4v) is 2.88. The van der Waals surface area contributed by atoms with Crippen LogP contribution in [0.4, 0.5) is 0 Å². The number of nitrogens with one attached hydrogen (secondary N) is 1. The van der Waals surface area contributed by atoms with Crippen LogP contribution in [0.1, 0.15) is 31.5 Å². The third-order valence-electron chi connectivity index (χ3n) is 3.88. The van der Waals surface area contributed by atoms with Crippen molar-refractivity contribution in [2.24, 2.45) is 5.92 Å². The highest BCUT2D eigenvalue weighted by molar-refractivity contribution is 5.73. The van der Waals surface area contributed by atoms with Crippen LogP contribution in [0.3, 0.4) is 0 Å². The largest absolute Gasteiger partial charge is 0.381 e. The molecular formula is C16H21N3O. The van der Waals surface area contributed by atoms with Crippen LogP contribution in [0.5, 0.6) is 0 Å². The minimum atomic E-state index is 0.234. The van der Waals surface area contributed by atoms with E-state index in [2.05, 4.69) is 17.2 Å². The maximum Gasteiger partial charge on any atom is 0.0890 e. The molecule has 1 fully saturated rings. The first kappa shape index (κ1) is 13.5. The summed E-state index contributed by atoms with van der Waals surface area (Å²) in [5, 5.41) is 3.55. The summed E-state index contributed by atoms with van der Waals surface area (Å²) < 4.78 is 5.63. The Hall–Kier alpha value is -1.52. The van der Waals surface area contributed by atoms with Gasteiger partial charge in [0.05, 0.1) is 35.6 Å². The van der Waals surface area contributed by atoms with Gasteiger partial charge >= 0.3 is 0 Å². The fraction of sp³-hybridized carbons (Fsp3) is 0.500. The summed E-state index contributed by atoms with van der Waals surface area (Å²) in [4.78, 5) is 9.32. The number of hydrogen-bond acceptors (Lipinski definition) is 4. The van der Waals surface area contributed by atoms with Gasteiger partial charge in [-0.15, -0.1) is 0 Å². The first-order chi connectivity index (χ1) is 9.88. The molecule has 1 aromatic heterocycles. The lowest BCUT2D eigenvalue weighted by atomic mass is 9.91. The molecule has 1 aromatic carbocycles. The van der Waals surface area contributed by atoms with E-state index in [1.807, 2.05) is 30.5 Å². The molecule has 0 aliphatic carbocycles. The molecule has 2 unspecified atom stereocenters. The van der Waals surface area contributed by atoms with Crippen molar-refractivity contribution in [1.82, 2.24) is 15.3 Å². The SMILES string of the molecule is CCNC(c1cnc2ccccc2n1)C1CCCOC1. The Morgan fingerprint density at radius 2 is 2.20 bits per heavy atom. The van der Waals surface area contributed by atoms with Crippen molar-refractivity contribution in [3.63, 3.8) is 0 Å². The standard InChI is InChI=1S/C16H21N3O/c1-2-17-16(12-6-5-9-20-11-12)15-10-18-13-7-3-4-8-14(13)19-15/h3-4,7-8,10,12,16-17H,2,5-6,9,11H2,1H3. The second-order valence-electron chi connectivity index (χ2n) is 5.30. The molecule has 0 amide bonds. The number of hydrogen-bond donors (Lipinski definition) is 1. The van der Waals surface area contributed by atoms with E-state index in [-0.39, 0.29) is 6.04 Å². The first-order valence-electron chi connectivity index (χ1n) is 7.41. The molecule has 1 aliphatic rings. The van der Waals surface area contributed by atoms with Crippen molar-refractivity contribution in [3.05, 3.63) is 36.2 Å². The van der Waals surface area contributed by atoms with Crippen LogP contribution >= 0.6 is 0 Å². The van der Waals surface area contributed by atoms with Crippen LogP contribution in [0.15, 0.2) is 30.5 Å². The van der Waals surface area contributed by atoms with Gasteiger partial charge in [-0.1, -0.05) is 19.1 Å². The monoisotopic (exact) mass is 271 g/mol. The molecule has 0 bridgehead atoms. The number of nitrogens with zero attached hydrogens (tertiary/aromatic N) is 2. The molecule has 4 nitrogen and oxygen atoms in total. The number of ether oxygens (including phenoxy) is 1. The third-order valence-corrected chi connectivity index (χ3v) is 3.88. The topological polar surface area (TPSA) is 47.0 Å². The van der Waals surface area contributed by atoms with Gasteiger partial charge in [-0.3, -0.25) is 4.98 Å².